The van der Waals surface area contributed by atoms with E-state index in [1.165, 1.54) is 4.68 Å². The maximum absolute atomic E-state index is 13.3. The van der Waals surface area contributed by atoms with Crippen molar-refractivity contribution >= 4 is 27.5 Å². The second kappa shape index (κ2) is 7.91. The van der Waals surface area contributed by atoms with Crippen molar-refractivity contribution in [3.05, 3.63) is 70.5 Å². The lowest BCUT2D eigenvalue weighted by molar-refractivity contribution is -0.142. The number of amides is 1. The number of hydrogen-bond donors (Lipinski definition) is 1. The number of nitrogens with zero attached hydrogens (tertiary/aromatic N) is 2. The highest BCUT2D eigenvalue weighted by atomic mass is 79.9. The van der Waals surface area contributed by atoms with E-state index in [4.69, 9.17) is 0 Å². The topological polar surface area (TPSA) is 46.9 Å². The van der Waals surface area contributed by atoms with Gasteiger partial charge >= 0.3 is 6.18 Å². The van der Waals surface area contributed by atoms with E-state index < -0.39 is 23.8 Å². The van der Waals surface area contributed by atoms with Gasteiger partial charge in [0.25, 0.3) is 0 Å². The maximum Gasteiger partial charge on any atom is 0.436 e. The van der Waals surface area contributed by atoms with E-state index in [1.54, 1.807) is 19.1 Å². The molecule has 0 aliphatic heterocycles. The third-order valence-electron chi connectivity index (χ3n) is 5.13. The zero-order chi connectivity index (χ0) is 21.5. The molecule has 0 radical (unpaired) electrons. The van der Waals surface area contributed by atoms with Crippen LogP contribution in [0.5, 0.6) is 0 Å². The quantitative estimate of drug-likeness (QED) is 0.461. The number of carbonyl (C=O) groups is 1. The Labute approximate surface area is 180 Å². The zero-order valence-electron chi connectivity index (χ0n) is 16.1. The van der Waals surface area contributed by atoms with Gasteiger partial charge in [-0.15, -0.1) is 0 Å². The van der Waals surface area contributed by atoms with Gasteiger partial charge in [0.15, 0.2) is 5.69 Å². The van der Waals surface area contributed by atoms with E-state index >= 15 is 0 Å². The Morgan fingerprint density at radius 1 is 1.10 bits per heavy atom. The number of nitrogens with one attached hydrogen (secondary N) is 1. The largest absolute Gasteiger partial charge is 0.436 e. The molecular weight excluding hydrogens is 459 g/mol. The van der Waals surface area contributed by atoms with Gasteiger partial charge in [0.1, 0.15) is 6.04 Å². The smallest absolute Gasteiger partial charge is 0.324 e. The van der Waals surface area contributed by atoms with Gasteiger partial charge in [0, 0.05) is 11.6 Å². The summed E-state index contributed by atoms with van der Waals surface area (Å²) in [5.74, 6) is -0.434. The molecule has 1 unspecified atom stereocenters. The third-order valence-corrected chi connectivity index (χ3v) is 5.91. The Kier molecular flexibility index (Phi) is 5.44. The van der Waals surface area contributed by atoms with Crippen molar-refractivity contribution < 1.29 is 18.0 Å². The second-order valence-electron chi connectivity index (χ2n) is 7.37. The van der Waals surface area contributed by atoms with Gasteiger partial charge in [-0.1, -0.05) is 42.5 Å². The van der Waals surface area contributed by atoms with Crippen LogP contribution in [-0.4, -0.2) is 15.7 Å². The van der Waals surface area contributed by atoms with Crippen molar-refractivity contribution in [2.45, 2.75) is 37.9 Å². The molecule has 1 saturated carbocycles. The summed E-state index contributed by atoms with van der Waals surface area (Å²) in [6, 6.07) is 16.2. The summed E-state index contributed by atoms with van der Waals surface area (Å²) in [5, 5.41) is 6.52. The maximum atomic E-state index is 13.3. The average molecular weight is 478 g/mol. The molecule has 4 nitrogen and oxygen atoms in total. The summed E-state index contributed by atoms with van der Waals surface area (Å²) in [7, 11) is 0. The molecule has 1 aliphatic carbocycles. The van der Waals surface area contributed by atoms with Crippen molar-refractivity contribution in [1.82, 2.24) is 9.78 Å². The summed E-state index contributed by atoms with van der Waals surface area (Å²) < 4.78 is 41.1. The number of aromatic nitrogens is 2. The molecule has 156 valence electrons. The predicted octanol–water partition coefficient (Wildman–Crippen LogP) is 6.41. The Morgan fingerprint density at radius 2 is 1.70 bits per heavy atom. The summed E-state index contributed by atoms with van der Waals surface area (Å²) in [4.78, 5) is 12.8. The van der Waals surface area contributed by atoms with Crippen LogP contribution in [0.4, 0.5) is 18.9 Å². The van der Waals surface area contributed by atoms with Crippen LogP contribution in [-0.2, 0) is 11.0 Å². The van der Waals surface area contributed by atoms with Crippen LogP contribution >= 0.6 is 15.9 Å². The van der Waals surface area contributed by atoms with E-state index in [0.717, 1.165) is 24.0 Å². The van der Waals surface area contributed by atoms with E-state index in [2.05, 4.69) is 26.3 Å². The molecule has 0 saturated heterocycles. The Balaban J connectivity index is 1.54. The monoisotopic (exact) mass is 477 g/mol. The normalized spacial score (nSPS) is 15.1. The highest BCUT2D eigenvalue weighted by Gasteiger charge is 2.43. The molecule has 1 aromatic heterocycles. The number of rotatable bonds is 5. The van der Waals surface area contributed by atoms with E-state index in [0.29, 0.717) is 11.4 Å². The standard InChI is InChI=1S/C22H19BrF3N3O/c1-13(29-19(16-7-8-16)18(23)20(28-29)22(24,25)26)21(30)27-17-11-9-15(10-12-17)14-5-3-2-4-6-14/h2-6,9-13,16H,7-8H2,1H3,(H,27,30). The van der Waals surface area contributed by atoms with Crippen LogP contribution < -0.4 is 5.32 Å². The fourth-order valence-electron chi connectivity index (χ4n) is 3.36. The van der Waals surface area contributed by atoms with Crippen LogP contribution in [0.1, 0.15) is 43.1 Å². The molecule has 1 amide bonds. The fraction of sp³-hybridized carbons (Fsp3) is 0.273. The molecule has 1 N–H and O–H groups in total. The highest BCUT2D eigenvalue weighted by Crippen LogP contribution is 2.47. The fourth-order valence-corrected chi connectivity index (χ4v) is 4.17. The number of anilines is 1. The molecular formula is C22H19BrF3N3O. The van der Waals surface area contributed by atoms with Crippen molar-refractivity contribution in [3.8, 4) is 11.1 Å². The Morgan fingerprint density at radius 3 is 2.27 bits per heavy atom. The van der Waals surface area contributed by atoms with Gasteiger partial charge in [-0.25, -0.2) is 0 Å². The molecule has 1 heterocycles. The van der Waals surface area contributed by atoms with Crippen molar-refractivity contribution in [3.63, 3.8) is 0 Å². The summed E-state index contributed by atoms with van der Waals surface area (Å²) in [6.45, 7) is 1.55. The number of hydrogen-bond acceptors (Lipinski definition) is 2. The van der Waals surface area contributed by atoms with Gasteiger partial charge in [-0.05, 0) is 59.0 Å². The highest BCUT2D eigenvalue weighted by molar-refractivity contribution is 9.10. The van der Waals surface area contributed by atoms with Gasteiger partial charge in [-0.2, -0.15) is 18.3 Å². The minimum Gasteiger partial charge on any atom is -0.324 e. The molecule has 4 rings (SSSR count). The van der Waals surface area contributed by atoms with Crippen LogP contribution in [0.25, 0.3) is 11.1 Å². The number of alkyl halides is 3. The molecule has 1 fully saturated rings. The average Bonchev–Trinajstić information content (AvgIpc) is 3.49. The molecule has 1 aliphatic rings. The van der Waals surface area contributed by atoms with Crippen LogP contribution in [0.3, 0.4) is 0 Å². The molecule has 0 bridgehead atoms. The lowest BCUT2D eigenvalue weighted by atomic mass is 10.1. The van der Waals surface area contributed by atoms with Crippen molar-refractivity contribution in [2.24, 2.45) is 0 Å². The molecule has 30 heavy (non-hydrogen) atoms. The van der Waals surface area contributed by atoms with Crippen LogP contribution in [0.15, 0.2) is 59.1 Å². The van der Waals surface area contributed by atoms with Gasteiger partial charge in [0.2, 0.25) is 5.91 Å². The Hall–Kier alpha value is -2.61. The zero-order valence-corrected chi connectivity index (χ0v) is 17.7. The molecule has 8 heteroatoms. The number of carbonyl (C=O) groups excluding carboxylic acids is 1. The lowest BCUT2D eigenvalue weighted by Gasteiger charge is -2.16. The minimum absolute atomic E-state index is 0.0108. The molecule has 1 atom stereocenters. The lowest BCUT2D eigenvalue weighted by Crippen LogP contribution is -2.26. The van der Waals surface area contributed by atoms with E-state index in [1.807, 2.05) is 42.5 Å². The van der Waals surface area contributed by atoms with Gasteiger partial charge < -0.3 is 5.32 Å². The molecule has 3 aromatic rings. The molecule has 0 spiro atoms. The first-order valence-electron chi connectivity index (χ1n) is 9.57. The van der Waals surface area contributed by atoms with Crippen molar-refractivity contribution in [1.29, 1.82) is 0 Å². The van der Waals surface area contributed by atoms with E-state index in [-0.39, 0.29) is 10.4 Å². The number of benzene rings is 2. The van der Waals surface area contributed by atoms with Crippen molar-refractivity contribution in [2.75, 3.05) is 5.32 Å². The summed E-state index contributed by atoms with van der Waals surface area (Å²) >= 11 is 3.06. The first kappa shape index (κ1) is 20.7. The van der Waals surface area contributed by atoms with Gasteiger partial charge in [0.05, 0.1) is 10.2 Å². The first-order chi connectivity index (χ1) is 14.3. The predicted molar refractivity (Wildman–Crippen MR) is 112 cm³/mol. The molecule has 2 aromatic carbocycles. The minimum atomic E-state index is -4.59. The first-order valence-corrected chi connectivity index (χ1v) is 10.4. The van der Waals surface area contributed by atoms with E-state index in [9.17, 15) is 18.0 Å². The second-order valence-corrected chi connectivity index (χ2v) is 8.17. The van der Waals surface area contributed by atoms with Gasteiger partial charge in [-0.3, -0.25) is 9.48 Å². The Bertz CT molecular complexity index is 1060. The third kappa shape index (κ3) is 4.14. The van der Waals surface area contributed by atoms with Crippen LogP contribution in [0.2, 0.25) is 0 Å². The summed E-state index contributed by atoms with van der Waals surface area (Å²) in [6.07, 6.45) is -3.01. The number of halogens is 4. The van der Waals surface area contributed by atoms with Crippen LogP contribution in [0, 0.1) is 0 Å². The SMILES string of the molecule is CC(C(=O)Nc1ccc(-c2ccccc2)cc1)n1nc(C(F)(F)F)c(Br)c1C1CC1. The summed E-state index contributed by atoms with van der Waals surface area (Å²) in [5.41, 5.74) is 2.07.